The SMILES string of the molecule is O=C(NNC(=O)[C@H]1CC12CCC2)Nc1ccccc1. The van der Waals surface area contributed by atoms with Gasteiger partial charge in [-0.2, -0.15) is 0 Å². The van der Waals surface area contributed by atoms with E-state index >= 15 is 0 Å². The fraction of sp³-hybridized carbons (Fsp3) is 0.429. The third-order valence-electron chi connectivity index (χ3n) is 4.19. The average molecular weight is 259 g/mol. The smallest absolute Gasteiger partial charge is 0.307 e. The highest BCUT2D eigenvalue weighted by molar-refractivity contribution is 5.91. The van der Waals surface area contributed by atoms with E-state index in [9.17, 15) is 9.59 Å². The van der Waals surface area contributed by atoms with E-state index in [0.717, 1.165) is 19.3 Å². The summed E-state index contributed by atoms with van der Waals surface area (Å²) in [6, 6.07) is 8.67. The van der Waals surface area contributed by atoms with Gasteiger partial charge in [-0.05, 0) is 36.8 Å². The van der Waals surface area contributed by atoms with Crippen molar-refractivity contribution in [3.05, 3.63) is 30.3 Å². The van der Waals surface area contributed by atoms with Crippen molar-refractivity contribution in [2.45, 2.75) is 25.7 Å². The molecule has 0 bridgehead atoms. The molecule has 0 unspecified atom stereocenters. The Balaban J connectivity index is 1.42. The highest BCUT2D eigenvalue weighted by Crippen LogP contribution is 2.65. The van der Waals surface area contributed by atoms with Gasteiger partial charge in [-0.25, -0.2) is 10.2 Å². The van der Waals surface area contributed by atoms with Crippen LogP contribution in [-0.4, -0.2) is 11.9 Å². The van der Waals surface area contributed by atoms with E-state index in [1.165, 1.54) is 6.42 Å². The fourth-order valence-electron chi connectivity index (χ4n) is 2.79. The van der Waals surface area contributed by atoms with Crippen molar-refractivity contribution in [1.29, 1.82) is 0 Å². The number of carbonyl (C=O) groups is 2. The fourth-order valence-corrected chi connectivity index (χ4v) is 2.79. The molecule has 0 radical (unpaired) electrons. The van der Waals surface area contributed by atoms with Gasteiger partial charge in [-0.3, -0.25) is 10.2 Å². The molecule has 2 aliphatic rings. The van der Waals surface area contributed by atoms with Crippen LogP contribution in [0.5, 0.6) is 0 Å². The number of hydrazine groups is 1. The molecule has 5 nitrogen and oxygen atoms in total. The van der Waals surface area contributed by atoms with Crippen LogP contribution in [0.4, 0.5) is 10.5 Å². The largest absolute Gasteiger partial charge is 0.337 e. The van der Waals surface area contributed by atoms with Gasteiger partial charge in [-0.15, -0.1) is 0 Å². The van der Waals surface area contributed by atoms with Gasteiger partial charge in [0.2, 0.25) is 5.91 Å². The predicted octanol–water partition coefficient (Wildman–Crippen LogP) is 2.03. The minimum atomic E-state index is -0.428. The topological polar surface area (TPSA) is 70.2 Å². The summed E-state index contributed by atoms with van der Waals surface area (Å²) in [5.41, 5.74) is 5.85. The summed E-state index contributed by atoms with van der Waals surface area (Å²) in [6.07, 6.45) is 4.51. The Bertz CT molecular complexity index is 497. The number of para-hydroxylation sites is 1. The molecular weight excluding hydrogens is 242 g/mol. The molecule has 2 aliphatic carbocycles. The molecule has 3 amide bonds. The van der Waals surface area contributed by atoms with Crippen molar-refractivity contribution in [3.8, 4) is 0 Å². The summed E-state index contributed by atoms with van der Waals surface area (Å²) in [4.78, 5) is 23.4. The zero-order valence-electron chi connectivity index (χ0n) is 10.6. The lowest BCUT2D eigenvalue weighted by atomic mass is 9.80. The van der Waals surface area contributed by atoms with E-state index in [0.29, 0.717) is 5.69 Å². The van der Waals surface area contributed by atoms with Gasteiger partial charge in [-0.1, -0.05) is 24.6 Å². The average Bonchev–Trinajstić information content (AvgIpc) is 3.13. The van der Waals surface area contributed by atoms with Gasteiger partial charge in [0.15, 0.2) is 0 Å². The standard InChI is InChI=1S/C14H17N3O2/c18-12(11-9-14(11)7-4-8-14)16-17-13(19)15-10-5-2-1-3-6-10/h1-3,5-6,11H,4,7-9H2,(H,16,18)(H2,15,17,19)/t11-/m1/s1. The molecule has 2 fully saturated rings. The summed E-state index contributed by atoms with van der Waals surface area (Å²) in [6.45, 7) is 0. The Hall–Kier alpha value is -2.04. The van der Waals surface area contributed by atoms with Crippen LogP contribution in [0.1, 0.15) is 25.7 Å². The molecule has 5 heteroatoms. The summed E-state index contributed by atoms with van der Waals surface area (Å²) < 4.78 is 0. The second-order valence-corrected chi connectivity index (χ2v) is 5.41. The molecular formula is C14H17N3O2. The molecule has 100 valence electrons. The van der Waals surface area contributed by atoms with Crippen LogP contribution in [0.2, 0.25) is 0 Å². The Morgan fingerprint density at radius 2 is 1.84 bits per heavy atom. The number of urea groups is 1. The molecule has 0 aromatic heterocycles. The number of amides is 3. The van der Waals surface area contributed by atoms with E-state index in [1.54, 1.807) is 12.1 Å². The quantitative estimate of drug-likeness (QED) is 0.711. The molecule has 2 saturated carbocycles. The summed E-state index contributed by atoms with van der Waals surface area (Å²) in [7, 11) is 0. The van der Waals surface area contributed by atoms with Gasteiger partial charge in [0.05, 0.1) is 0 Å². The van der Waals surface area contributed by atoms with E-state index < -0.39 is 6.03 Å². The molecule has 1 aromatic carbocycles. The van der Waals surface area contributed by atoms with E-state index in [4.69, 9.17) is 0 Å². The van der Waals surface area contributed by atoms with Crippen LogP contribution in [0.15, 0.2) is 30.3 Å². The molecule has 3 N–H and O–H groups in total. The van der Waals surface area contributed by atoms with Gasteiger partial charge in [0, 0.05) is 11.6 Å². The van der Waals surface area contributed by atoms with Gasteiger partial charge in [0.25, 0.3) is 0 Å². The number of anilines is 1. The molecule has 1 spiro atoms. The zero-order valence-corrected chi connectivity index (χ0v) is 10.6. The van der Waals surface area contributed by atoms with Crippen molar-refractivity contribution in [1.82, 2.24) is 10.9 Å². The van der Waals surface area contributed by atoms with Crippen LogP contribution >= 0.6 is 0 Å². The van der Waals surface area contributed by atoms with Gasteiger partial charge in [0.1, 0.15) is 0 Å². The van der Waals surface area contributed by atoms with Crippen LogP contribution in [0, 0.1) is 11.3 Å². The molecule has 1 atom stereocenters. The Labute approximate surface area is 111 Å². The molecule has 0 heterocycles. The Morgan fingerprint density at radius 3 is 2.42 bits per heavy atom. The van der Waals surface area contributed by atoms with Crippen molar-refractivity contribution in [2.24, 2.45) is 11.3 Å². The number of benzene rings is 1. The maximum absolute atomic E-state index is 11.8. The van der Waals surface area contributed by atoms with E-state index in [2.05, 4.69) is 16.2 Å². The third-order valence-corrected chi connectivity index (χ3v) is 4.19. The molecule has 1 aromatic rings. The predicted molar refractivity (Wildman–Crippen MR) is 71.1 cm³/mol. The van der Waals surface area contributed by atoms with Gasteiger partial charge >= 0.3 is 6.03 Å². The normalized spacial score (nSPS) is 22.2. The molecule has 0 saturated heterocycles. The Morgan fingerprint density at radius 1 is 1.11 bits per heavy atom. The van der Waals surface area contributed by atoms with Crippen molar-refractivity contribution in [2.75, 3.05) is 5.32 Å². The lowest BCUT2D eigenvalue weighted by Crippen LogP contribution is -2.45. The van der Waals surface area contributed by atoms with Crippen LogP contribution in [-0.2, 0) is 4.79 Å². The molecule has 3 rings (SSSR count). The van der Waals surface area contributed by atoms with Crippen LogP contribution in [0.25, 0.3) is 0 Å². The van der Waals surface area contributed by atoms with E-state index in [1.807, 2.05) is 18.2 Å². The van der Waals surface area contributed by atoms with Crippen molar-refractivity contribution < 1.29 is 9.59 Å². The van der Waals surface area contributed by atoms with Crippen LogP contribution < -0.4 is 16.2 Å². The minimum absolute atomic E-state index is 0.0667. The number of rotatable bonds is 2. The number of carbonyl (C=O) groups excluding carboxylic acids is 2. The third kappa shape index (κ3) is 2.41. The maximum atomic E-state index is 11.8. The summed E-state index contributed by atoms with van der Waals surface area (Å²) in [5, 5.41) is 2.64. The number of hydrogen-bond acceptors (Lipinski definition) is 2. The van der Waals surface area contributed by atoms with Gasteiger partial charge < -0.3 is 5.32 Å². The lowest BCUT2D eigenvalue weighted by Gasteiger charge is -2.26. The lowest BCUT2D eigenvalue weighted by molar-refractivity contribution is -0.124. The van der Waals surface area contributed by atoms with Crippen molar-refractivity contribution >= 4 is 17.6 Å². The molecule has 0 aliphatic heterocycles. The first-order valence-electron chi connectivity index (χ1n) is 6.62. The second-order valence-electron chi connectivity index (χ2n) is 5.41. The minimum Gasteiger partial charge on any atom is -0.307 e. The Kier molecular flexibility index (Phi) is 2.89. The first kappa shape index (κ1) is 12.0. The van der Waals surface area contributed by atoms with Crippen molar-refractivity contribution in [3.63, 3.8) is 0 Å². The monoisotopic (exact) mass is 259 g/mol. The molecule has 19 heavy (non-hydrogen) atoms. The summed E-state index contributed by atoms with van der Waals surface area (Å²) >= 11 is 0. The highest BCUT2D eigenvalue weighted by atomic mass is 16.2. The summed E-state index contributed by atoms with van der Waals surface area (Å²) in [5.74, 6) is 0.0289. The first-order valence-corrected chi connectivity index (χ1v) is 6.62. The first-order chi connectivity index (χ1) is 9.20. The maximum Gasteiger partial charge on any atom is 0.337 e. The number of nitrogens with one attached hydrogen (secondary N) is 3. The highest BCUT2D eigenvalue weighted by Gasteiger charge is 2.60. The zero-order chi connectivity index (χ0) is 13.3. The van der Waals surface area contributed by atoms with Crippen LogP contribution in [0.3, 0.4) is 0 Å². The number of hydrogen-bond donors (Lipinski definition) is 3. The second kappa shape index (κ2) is 4.57. The van der Waals surface area contributed by atoms with E-state index in [-0.39, 0.29) is 17.2 Å².